The summed E-state index contributed by atoms with van der Waals surface area (Å²) >= 11 is 0. The van der Waals surface area contributed by atoms with E-state index in [0.717, 1.165) is 50.4 Å². The maximum absolute atomic E-state index is 5.26. The molecule has 21 heavy (non-hydrogen) atoms. The summed E-state index contributed by atoms with van der Waals surface area (Å²) in [5.74, 6) is 1.09. The Morgan fingerprint density at radius 1 is 1.29 bits per heavy atom. The molecule has 1 fully saturated rings. The van der Waals surface area contributed by atoms with Crippen LogP contribution in [0.3, 0.4) is 0 Å². The minimum absolute atomic E-state index is 0.603. The van der Waals surface area contributed by atoms with Crippen LogP contribution in [0, 0.1) is 6.92 Å². The monoisotopic (exact) mass is 288 g/mol. The molecule has 1 aromatic carbocycles. The van der Waals surface area contributed by atoms with Crippen molar-refractivity contribution in [2.75, 3.05) is 26.7 Å². The van der Waals surface area contributed by atoms with Gasteiger partial charge in [-0.25, -0.2) is 4.98 Å². The van der Waals surface area contributed by atoms with Crippen molar-refractivity contribution in [2.24, 2.45) is 0 Å². The Morgan fingerprint density at radius 3 is 2.81 bits per heavy atom. The molecule has 0 unspecified atom stereocenters. The van der Waals surface area contributed by atoms with Gasteiger partial charge in [-0.2, -0.15) is 5.06 Å². The highest BCUT2D eigenvalue weighted by atomic mass is 16.7. The molecule has 1 aliphatic rings. The molecule has 0 amide bonds. The number of hydrogen-bond donors (Lipinski definition) is 1. The average molecular weight is 288 g/mol. The highest BCUT2D eigenvalue weighted by Crippen LogP contribution is 2.15. The predicted octanol–water partition coefficient (Wildman–Crippen LogP) is 1.96. The number of rotatable bonds is 5. The van der Waals surface area contributed by atoms with Crippen LogP contribution < -0.4 is 5.32 Å². The minimum atomic E-state index is 0.603. The van der Waals surface area contributed by atoms with E-state index >= 15 is 0 Å². The van der Waals surface area contributed by atoms with Crippen molar-refractivity contribution in [1.82, 2.24) is 19.9 Å². The Labute approximate surface area is 125 Å². The van der Waals surface area contributed by atoms with Gasteiger partial charge in [0.1, 0.15) is 5.82 Å². The number of para-hydroxylation sites is 2. The molecule has 5 heteroatoms. The van der Waals surface area contributed by atoms with Gasteiger partial charge in [-0.15, -0.1) is 0 Å². The van der Waals surface area contributed by atoms with E-state index in [9.17, 15) is 0 Å². The third kappa shape index (κ3) is 3.26. The second-order valence-electron chi connectivity index (χ2n) is 5.64. The number of aryl methyl sites for hydroxylation is 1. The summed E-state index contributed by atoms with van der Waals surface area (Å²) in [5.41, 5.74) is 2.31. The Kier molecular flexibility index (Phi) is 4.53. The highest BCUT2D eigenvalue weighted by Gasteiger charge is 2.18. The van der Waals surface area contributed by atoms with E-state index in [1.807, 2.05) is 11.1 Å². The third-order valence-electron chi connectivity index (χ3n) is 4.33. The van der Waals surface area contributed by atoms with Crippen LogP contribution in [0.15, 0.2) is 24.3 Å². The van der Waals surface area contributed by atoms with E-state index in [-0.39, 0.29) is 0 Å². The maximum Gasteiger partial charge on any atom is 0.106 e. The van der Waals surface area contributed by atoms with Crippen molar-refractivity contribution in [3.8, 4) is 0 Å². The minimum Gasteiger partial charge on any atom is -0.327 e. The number of piperidine rings is 1. The molecule has 0 aliphatic carbocycles. The van der Waals surface area contributed by atoms with Crippen LogP contribution in [-0.2, 0) is 11.4 Å². The molecule has 2 heterocycles. The highest BCUT2D eigenvalue weighted by molar-refractivity contribution is 5.75. The lowest BCUT2D eigenvalue weighted by Crippen LogP contribution is -2.42. The van der Waals surface area contributed by atoms with Crippen molar-refractivity contribution in [3.05, 3.63) is 30.1 Å². The number of nitrogens with one attached hydrogen (secondary N) is 1. The normalized spacial score (nSPS) is 17.6. The lowest BCUT2D eigenvalue weighted by molar-refractivity contribution is -0.144. The zero-order valence-corrected chi connectivity index (χ0v) is 12.9. The average Bonchev–Trinajstić information content (AvgIpc) is 2.84. The van der Waals surface area contributed by atoms with Crippen LogP contribution in [0.4, 0.5) is 0 Å². The number of nitrogens with zero attached hydrogens (tertiary/aromatic N) is 3. The molecule has 1 aliphatic heterocycles. The summed E-state index contributed by atoms with van der Waals surface area (Å²) in [7, 11) is 1.75. The molecule has 5 nitrogen and oxygen atoms in total. The molecule has 1 saturated heterocycles. The van der Waals surface area contributed by atoms with Crippen molar-refractivity contribution in [1.29, 1.82) is 0 Å². The fourth-order valence-corrected chi connectivity index (χ4v) is 3.10. The third-order valence-corrected chi connectivity index (χ3v) is 4.33. The first-order valence-corrected chi connectivity index (χ1v) is 7.72. The SMILES string of the molecule is CON1CCC(NCCn2c(C)nc3ccccc32)CC1. The lowest BCUT2D eigenvalue weighted by atomic mass is 10.1. The molecule has 0 spiro atoms. The first kappa shape index (κ1) is 14.5. The van der Waals surface area contributed by atoms with E-state index in [0.29, 0.717) is 6.04 Å². The number of aromatic nitrogens is 2. The molecular weight excluding hydrogens is 264 g/mol. The van der Waals surface area contributed by atoms with Gasteiger partial charge in [0.2, 0.25) is 0 Å². The molecule has 1 aromatic heterocycles. The van der Waals surface area contributed by atoms with Crippen LogP contribution in [0.5, 0.6) is 0 Å². The van der Waals surface area contributed by atoms with Crippen LogP contribution in [0.1, 0.15) is 18.7 Å². The predicted molar refractivity (Wildman–Crippen MR) is 84.1 cm³/mol. The van der Waals surface area contributed by atoms with Gasteiger partial charge in [-0.05, 0) is 31.9 Å². The van der Waals surface area contributed by atoms with Gasteiger partial charge in [0.15, 0.2) is 0 Å². The second kappa shape index (κ2) is 6.56. The van der Waals surface area contributed by atoms with E-state index in [4.69, 9.17) is 4.84 Å². The van der Waals surface area contributed by atoms with Crippen molar-refractivity contribution >= 4 is 11.0 Å². The zero-order chi connectivity index (χ0) is 14.7. The summed E-state index contributed by atoms with van der Waals surface area (Å²) in [6.45, 7) is 6.06. The van der Waals surface area contributed by atoms with E-state index in [1.54, 1.807) is 7.11 Å². The van der Waals surface area contributed by atoms with Crippen LogP contribution in [-0.4, -0.2) is 47.4 Å². The molecule has 114 valence electrons. The largest absolute Gasteiger partial charge is 0.327 e. The molecular formula is C16H24N4O. The molecule has 0 bridgehead atoms. The number of hydrogen-bond acceptors (Lipinski definition) is 4. The van der Waals surface area contributed by atoms with Gasteiger partial charge >= 0.3 is 0 Å². The zero-order valence-electron chi connectivity index (χ0n) is 12.9. The van der Waals surface area contributed by atoms with Gasteiger partial charge in [0.05, 0.1) is 18.1 Å². The number of imidazole rings is 1. The summed E-state index contributed by atoms with van der Waals surface area (Å²) in [6, 6.07) is 8.94. The van der Waals surface area contributed by atoms with Gasteiger partial charge < -0.3 is 14.7 Å². The molecule has 0 saturated carbocycles. The number of hydroxylamine groups is 2. The van der Waals surface area contributed by atoms with Crippen molar-refractivity contribution in [2.45, 2.75) is 32.4 Å². The van der Waals surface area contributed by atoms with Gasteiger partial charge in [0.25, 0.3) is 0 Å². The summed E-state index contributed by atoms with van der Waals surface area (Å²) in [4.78, 5) is 9.87. The van der Waals surface area contributed by atoms with Gasteiger partial charge in [-0.3, -0.25) is 0 Å². The molecule has 3 rings (SSSR count). The fraction of sp³-hybridized carbons (Fsp3) is 0.562. The maximum atomic E-state index is 5.26. The summed E-state index contributed by atoms with van der Waals surface area (Å²) < 4.78 is 2.30. The van der Waals surface area contributed by atoms with E-state index in [1.165, 1.54) is 5.52 Å². The smallest absolute Gasteiger partial charge is 0.106 e. The second-order valence-corrected chi connectivity index (χ2v) is 5.64. The molecule has 0 radical (unpaired) electrons. The summed E-state index contributed by atoms with van der Waals surface area (Å²) in [5, 5.41) is 5.70. The fourth-order valence-electron chi connectivity index (χ4n) is 3.10. The first-order valence-electron chi connectivity index (χ1n) is 7.72. The Bertz CT molecular complexity index is 587. The topological polar surface area (TPSA) is 42.3 Å². The van der Waals surface area contributed by atoms with Gasteiger partial charge in [-0.1, -0.05) is 12.1 Å². The van der Waals surface area contributed by atoms with E-state index < -0.39 is 0 Å². The van der Waals surface area contributed by atoms with Crippen LogP contribution in [0.25, 0.3) is 11.0 Å². The van der Waals surface area contributed by atoms with Crippen LogP contribution >= 0.6 is 0 Å². The molecule has 0 atom stereocenters. The molecule has 1 N–H and O–H groups in total. The van der Waals surface area contributed by atoms with E-state index in [2.05, 4.69) is 40.0 Å². The first-order chi connectivity index (χ1) is 10.3. The van der Waals surface area contributed by atoms with Crippen molar-refractivity contribution in [3.63, 3.8) is 0 Å². The Balaban J connectivity index is 1.54. The summed E-state index contributed by atoms with van der Waals surface area (Å²) in [6.07, 6.45) is 2.30. The van der Waals surface area contributed by atoms with Crippen molar-refractivity contribution < 1.29 is 4.84 Å². The molecule has 2 aromatic rings. The Hall–Kier alpha value is -1.43. The number of fused-ring (bicyclic) bond motifs is 1. The van der Waals surface area contributed by atoms with Gasteiger partial charge in [0, 0.05) is 32.2 Å². The Morgan fingerprint density at radius 2 is 2.05 bits per heavy atom. The quantitative estimate of drug-likeness (QED) is 0.913. The lowest BCUT2D eigenvalue weighted by Gasteiger charge is -2.30. The number of benzene rings is 1. The standard InChI is InChI=1S/C16H24N4O/c1-13-18-15-5-3-4-6-16(15)20(13)12-9-17-14-7-10-19(21-2)11-8-14/h3-6,14,17H,7-12H2,1-2H3. The van der Waals surface area contributed by atoms with Crippen LogP contribution in [0.2, 0.25) is 0 Å².